The summed E-state index contributed by atoms with van der Waals surface area (Å²) in [6.07, 6.45) is 0.820. The van der Waals surface area contributed by atoms with Crippen molar-refractivity contribution in [3.05, 3.63) is 70.9 Å². The summed E-state index contributed by atoms with van der Waals surface area (Å²) < 4.78 is 7.25. The minimum atomic E-state index is -0.553. The van der Waals surface area contributed by atoms with Crippen LogP contribution in [0.5, 0.6) is 6.01 Å². The van der Waals surface area contributed by atoms with Crippen LogP contribution in [0.3, 0.4) is 0 Å². The van der Waals surface area contributed by atoms with Gasteiger partial charge in [-0.1, -0.05) is 36.4 Å². The number of anilines is 1. The molecule has 0 saturated heterocycles. The van der Waals surface area contributed by atoms with Gasteiger partial charge in [-0.25, -0.2) is 9.55 Å². The predicted octanol–water partition coefficient (Wildman–Crippen LogP) is 2.57. The van der Waals surface area contributed by atoms with Crippen molar-refractivity contribution in [2.75, 3.05) is 12.4 Å². The van der Waals surface area contributed by atoms with E-state index in [2.05, 4.69) is 34.7 Å². The van der Waals surface area contributed by atoms with Crippen molar-refractivity contribution in [3.63, 3.8) is 0 Å². The quantitative estimate of drug-likeness (QED) is 0.419. The Labute approximate surface area is 191 Å². The van der Waals surface area contributed by atoms with E-state index in [-0.39, 0.29) is 6.01 Å². The van der Waals surface area contributed by atoms with Crippen LogP contribution < -0.4 is 21.1 Å². The second-order valence-corrected chi connectivity index (χ2v) is 8.09. The highest BCUT2D eigenvalue weighted by molar-refractivity contribution is 6.04. The van der Waals surface area contributed by atoms with Gasteiger partial charge in [0.2, 0.25) is 5.95 Å². The maximum absolute atomic E-state index is 11.9. The number of para-hydroxylation sites is 1. The number of carbonyl (C=O) groups excluding carboxylic acids is 1. The molecule has 4 aromatic rings. The lowest BCUT2D eigenvalue weighted by molar-refractivity contribution is 0.100. The molecule has 3 heterocycles. The number of nitrogens with two attached hydrogens (primary N) is 1. The number of hydrogen-bond donors (Lipinski definition) is 3. The SMILES string of the molecule is COc1nc2c(C(N)=O)cccc2n1-c1nc2c(c(NCc3ccccc3)n1)CC(C)NC2. The third-order valence-corrected chi connectivity index (χ3v) is 5.81. The number of rotatable bonds is 6. The van der Waals surface area contributed by atoms with E-state index in [1.165, 1.54) is 7.11 Å². The van der Waals surface area contributed by atoms with E-state index in [1.54, 1.807) is 16.7 Å². The first-order valence-electron chi connectivity index (χ1n) is 10.8. The highest BCUT2D eigenvalue weighted by Gasteiger charge is 2.25. The Morgan fingerprint density at radius 1 is 1.18 bits per heavy atom. The van der Waals surface area contributed by atoms with Gasteiger partial charge in [-0.3, -0.25) is 4.79 Å². The van der Waals surface area contributed by atoms with Crippen LogP contribution in [-0.2, 0) is 19.5 Å². The zero-order chi connectivity index (χ0) is 22.9. The third-order valence-electron chi connectivity index (χ3n) is 5.81. The van der Waals surface area contributed by atoms with Gasteiger partial charge < -0.3 is 21.1 Å². The molecule has 5 rings (SSSR count). The number of nitrogens with one attached hydrogen (secondary N) is 2. The average molecular weight is 444 g/mol. The Balaban J connectivity index is 1.65. The monoisotopic (exact) mass is 443 g/mol. The smallest absolute Gasteiger partial charge is 0.304 e. The van der Waals surface area contributed by atoms with Crippen molar-refractivity contribution >= 4 is 22.8 Å². The van der Waals surface area contributed by atoms with Gasteiger partial charge in [-0.2, -0.15) is 9.97 Å². The van der Waals surface area contributed by atoms with Crippen LogP contribution in [0.15, 0.2) is 48.5 Å². The van der Waals surface area contributed by atoms with Crippen LogP contribution >= 0.6 is 0 Å². The summed E-state index contributed by atoms with van der Waals surface area (Å²) in [5, 5.41) is 6.97. The van der Waals surface area contributed by atoms with Crippen LogP contribution in [0.1, 0.15) is 34.1 Å². The van der Waals surface area contributed by atoms with Gasteiger partial charge in [0, 0.05) is 24.7 Å². The molecule has 1 aliphatic rings. The maximum atomic E-state index is 11.9. The molecule has 2 aromatic carbocycles. The van der Waals surface area contributed by atoms with E-state index in [4.69, 9.17) is 20.4 Å². The van der Waals surface area contributed by atoms with Crippen LogP contribution in [0, 0.1) is 0 Å². The summed E-state index contributed by atoms with van der Waals surface area (Å²) >= 11 is 0. The highest BCUT2D eigenvalue weighted by atomic mass is 16.5. The van der Waals surface area contributed by atoms with E-state index < -0.39 is 5.91 Å². The normalized spacial score (nSPS) is 15.3. The predicted molar refractivity (Wildman–Crippen MR) is 126 cm³/mol. The van der Waals surface area contributed by atoms with Crippen LogP contribution in [0.2, 0.25) is 0 Å². The number of primary amides is 1. The first-order valence-corrected chi connectivity index (χ1v) is 10.8. The number of ether oxygens (including phenoxy) is 1. The second-order valence-electron chi connectivity index (χ2n) is 8.09. The second kappa shape index (κ2) is 8.51. The van der Waals surface area contributed by atoms with E-state index in [0.717, 1.165) is 29.1 Å². The molecule has 33 heavy (non-hydrogen) atoms. The zero-order valence-corrected chi connectivity index (χ0v) is 18.5. The maximum Gasteiger partial charge on any atom is 0.304 e. The molecule has 0 aliphatic carbocycles. The van der Waals surface area contributed by atoms with Crippen LogP contribution in [0.4, 0.5) is 5.82 Å². The molecule has 9 heteroatoms. The van der Waals surface area contributed by atoms with Crippen LogP contribution in [-0.4, -0.2) is 38.6 Å². The minimum Gasteiger partial charge on any atom is -0.468 e. The Kier molecular flexibility index (Phi) is 5.39. The van der Waals surface area contributed by atoms with Gasteiger partial charge in [0.15, 0.2) is 0 Å². The van der Waals surface area contributed by atoms with E-state index >= 15 is 0 Å². The molecule has 1 aliphatic heterocycles. The molecule has 1 atom stereocenters. The number of benzene rings is 2. The average Bonchev–Trinajstić information content (AvgIpc) is 3.22. The lowest BCUT2D eigenvalue weighted by Crippen LogP contribution is -2.34. The molecule has 0 radical (unpaired) electrons. The third kappa shape index (κ3) is 3.87. The molecule has 1 unspecified atom stereocenters. The zero-order valence-electron chi connectivity index (χ0n) is 18.5. The highest BCUT2D eigenvalue weighted by Crippen LogP contribution is 2.30. The lowest BCUT2D eigenvalue weighted by atomic mass is 10.0. The summed E-state index contributed by atoms with van der Waals surface area (Å²) in [6, 6.07) is 16.0. The summed E-state index contributed by atoms with van der Waals surface area (Å²) in [7, 11) is 1.53. The van der Waals surface area contributed by atoms with Crippen molar-refractivity contribution in [1.82, 2.24) is 24.8 Å². The molecule has 0 bridgehead atoms. The van der Waals surface area contributed by atoms with Gasteiger partial charge >= 0.3 is 6.01 Å². The summed E-state index contributed by atoms with van der Waals surface area (Å²) in [5.74, 6) is 0.645. The Hall–Kier alpha value is -3.98. The van der Waals surface area contributed by atoms with Crippen molar-refractivity contribution in [2.24, 2.45) is 5.73 Å². The Bertz CT molecular complexity index is 1330. The molecule has 1 amide bonds. The summed E-state index contributed by atoms with van der Waals surface area (Å²) in [4.78, 5) is 26.2. The number of carbonyl (C=O) groups is 1. The molecule has 0 fully saturated rings. The number of hydrogen-bond acceptors (Lipinski definition) is 7. The lowest BCUT2D eigenvalue weighted by Gasteiger charge is -2.25. The largest absolute Gasteiger partial charge is 0.468 e. The standard InChI is InChI=1S/C24H25N7O2/c1-14-11-17-18(13-26-14)28-23(30-22(17)27-12-15-7-4-3-5-8-15)31-19-10-6-9-16(21(25)32)20(19)29-24(31)33-2/h3-10,14,26H,11-13H2,1-2H3,(H2,25,32)(H,27,28,30). The minimum absolute atomic E-state index is 0.282. The van der Waals surface area contributed by atoms with Crippen molar-refractivity contribution in [1.29, 1.82) is 0 Å². The Morgan fingerprint density at radius 2 is 2.00 bits per heavy atom. The number of fused-ring (bicyclic) bond motifs is 2. The molecule has 2 aromatic heterocycles. The number of methoxy groups -OCH3 is 1. The van der Waals surface area contributed by atoms with Gasteiger partial charge in [-0.15, -0.1) is 0 Å². The van der Waals surface area contributed by atoms with Crippen molar-refractivity contribution in [3.8, 4) is 12.0 Å². The molecule has 168 valence electrons. The van der Waals surface area contributed by atoms with Gasteiger partial charge in [0.05, 0.1) is 23.9 Å². The van der Waals surface area contributed by atoms with Gasteiger partial charge in [0.25, 0.3) is 5.91 Å². The fourth-order valence-corrected chi connectivity index (χ4v) is 4.16. The fourth-order valence-electron chi connectivity index (χ4n) is 4.16. The van der Waals surface area contributed by atoms with Crippen molar-refractivity contribution in [2.45, 2.75) is 32.5 Å². The number of imidazole rings is 1. The van der Waals surface area contributed by atoms with Gasteiger partial charge in [-0.05, 0) is 31.0 Å². The molecule has 9 nitrogen and oxygen atoms in total. The topological polar surface area (TPSA) is 120 Å². The van der Waals surface area contributed by atoms with Gasteiger partial charge in [0.1, 0.15) is 11.3 Å². The number of nitrogens with zero attached hydrogens (tertiary/aromatic N) is 4. The number of amides is 1. The van der Waals surface area contributed by atoms with E-state index in [9.17, 15) is 4.79 Å². The molecular weight excluding hydrogens is 418 g/mol. The molecular formula is C24H25N7O2. The number of aromatic nitrogens is 4. The fraction of sp³-hybridized carbons (Fsp3) is 0.250. The van der Waals surface area contributed by atoms with E-state index in [0.29, 0.717) is 41.7 Å². The van der Waals surface area contributed by atoms with E-state index in [1.807, 2.05) is 24.3 Å². The Morgan fingerprint density at radius 3 is 2.76 bits per heavy atom. The molecule has 0 spiro atoms. The summed E-state index contributed by atoms with van der Waals surface area (Å²) in [6.45, 7) is 3.42. The van der Waals surface area contributed by atoms with Crippen molar-refractivity contribution < 1.29 is 9.53 Å². The molecule has 4 N–H and O–H groups in total. The van der Waals surface area contributed by atoms with Crippen LogP contribution in [0.25, 0.3) is 17.0 Å². The molecule has 0 saturated carbocycles. The first-order chi connectivity index (χ1) is 16.0. The summed E-state index contributed by atoms with van der Waals surface area (Å²) in [5.41, 5.74) is 10.2. The first kappa shape index (κ1) is 20.9.